The van der Waals surface area contributed by atoms with Gasteiger partial charge in [-0.2, -0.15) is 0 Å². The van der Waals surface area contributed by atoms with Crippen molar-refractivity contribution in [1.29, 1.82) is 0 Å². The average molecular weight is 637 g/mol. The molecule has 4 aromatic rings. The van der Waals surface area contributed by atoms with Crippen LogP contribution in [0.2, 0.25) is 0 Å². The van der Waals surface area contributed by atoms with E-state index in [1.54, 1.807) is 0 Å². The van der Waals surface area contributed by atoms with Gasteiger partial charge in [-0.25, -0.2) is 0 Å². The van der Waals surface area contributed by atoms with E-state index in [0.717, 1.165) is 46.6 Å². The molecule has 0 heterocycles. The van der Waals surface area contributed by atoms with Gasteiger partial charge in [0.2, 0.25) is 0 Å². The first kappa shape index (κ1) is 32.9. The zero-order valence-corrected chi connectivity index (χ0v) is 28.5. The van der Waals surface area contributed by atoms with E-state index < -0.39 is 0 Å². The highest BCUT2D eigenvalue weighted by Crippen LogP contribution is 2.64. The van der Waals surface area contributed by atoms with Gasteiger partial charge in [0.25, 0.3) is 0 Å². The van der Waals surface area contributed by atoms with Gasteiger partial charge in [-0.15, -0.1) is 0 Å². The summed E-state index contributed by atoms with van der Waals surface area (Å²) in [5.41, 5.74) is 5.69. The first-order valence-electron chi connectivity index (χ1n) is 16.8. The highest BCUT2D eigenvalue weighted by molar-refractivity contribution is 5.64. The van der Waals surface area contributed by atoms with Crippen LogP contribution in [0, 0.1) is 0 Å². The normalized spacial score (nSPS) is 20.0. The topological polar surface area (TPSA) is 77.4 Å². The van der Waals surface area contributed by atoms with Crippen LogP contribution < -0.4 is 9.47 Å². The van der Waals surface area contributed by atoms with Crippen molar-refractivity contribution in [3.63, 3.8) is 0 Å². The van der Waals surface area contributed by atoms with Crippen molar-refractivity contribution in [1.82, 2.24) is 0 Å². The van der Waals surface area contributed by atoms with E-state index >= 15 is 0 Å². The quantitative estimate of drug-likeness (QED) is 0.151. The van der Waals surface area contributed by atoms with Crippen molar-refractivity contribution in [3.8, 4) is 23.0 Å². The smallest absolute Gasteiger partial charge is 0.121 e. The first-order chi connectivity index (χ1) is 22.4. The average Bonchev–Trinajstić information content (AvgIpc) is 3.39. The van der Waals surface area contributed by atoms with Gasteiger partial charge in [0.05, 0.1) is 25.4 Å². The second kappa shape index (κ2) is 12.9. The third kappa shape index (κ3) is 6.46. The monoisotopic (exact) mass is 636 g/mol. The van der Waals surface area contributed by atoms with Crippen molar-refractivity contribution in [3.05, 3.63) is 118 Å². The fraction of sp³-hybridized carbons (Fsp3) is 0.415. The van der Waals surface area contributed by atoms with Crippen LogP contribution in [0.25, 0.3) is 0 Å². The molecule has 0 bridgehead atoms. The molecule has 2 aliphatic rings. The van der Waals surface area contributed by atoms with Crippen LogP contribution in [0.5, 0.6) is 23.0 Å². The van der Waals surface area contributed by atoms with E-state index in [-0.39, 0.29) is 40.0 Å². The number of phenols is 2. The molecule has 0 radical (unpaired) electrons. The highest BCUT2D eigenvalue weighted by Gasteiger charge is 2.57. The third-order valence-corrected chi connectivity index (χ3v) is 10.1. The zero-order valence-electron chi connectivity index (χ0n) is 28.5. The lowest BCUT2D eigenvalue weighted by Crippen LogP contribution is -2.26. The number of phenolic OH excluding ortho intramolecular Hbond substituents is 2. The zero-order chi connectivity index (χ0) is 33.4. The predicted octanol–water partition coefficient (Wildman–Crippen LogP) is 9.06. The standard InChI is InChI=1S/C41H48O6/c1-27(44-17-19-46-29-13-9-7-10-14-29)31-21-33-35(23-37(31)42)41(25-39(33,3)4)26-40(5,6)34-22-32(38(43)24-36(34)41)28(2)45-18-20-47-30-15-11-8-12-16-30/h7-16,21-24,27-28,42-43H,17-20,25-26H2,1-6H3. The molecule has 2 atom stereocenters. The number of benzene rings is 4. The van der Waals surface area contributed by atoms with Crippen molar-refractivity contribution >= 4 is 0 Å². The lowest BCUT2D eigenvalue weighted by atomic mass is 9.72. The summed E-state index contributed by atoms with van der Waals surface area (Å²) in [5.74, 6) is 2.10. The number of rotatable bonds is 12. The van der Waals surface area contributed by atoms with Gasteiger partial charge >= 0.3 is 0 Å². The number of aromatic hydroxyl groups is 2. The van der Waals surface area contributed by atoms with Gasteiger partial charge in [0, 0.05) is 16.5 Å². The number of para-hydroxylation sites is 2. The van der Waals surface area contributed by atoms with Crippen LogP contribution in [0.15, 0.2) is 84.9 Å². The number of hydrogen-bond acceptors (Lipinski definition) is 6. The molecule has 6 heteroatoms. The molecule has 6 rings (SSSR count). The van der Waals surface area contributed by atoms with Gasteiger partial charge in [-0.1, -0.05) is 64.1 Å². The van der Waals surface area contributed by atoms with E-state index in [2.05, 4.69) is 39.8 Å². The Balaban J connectivity index is 1.22. The maximum absolute atomic E-state index is 11.4. The fourth-order valence-corrected chi connectivity index (χ4v) is 8.04. The summed E-state index contributed by atoms with van der Waals surface area (Å²) in [4.78, 5) is 0. The SMILES string of the molecule is CC(OCCOc1ccccc1)c1cc2c(cc1O)C1(CC2(C)C)CC(C)(C)c2cc(C(C)OCCOc3ccccc3)c(O)cc21. The Kier molecular flexibility index (Phi) is 9.03. The minimum atomic E-state index is -0.328. The Morgan fingerprint density at radius 2 is 0.936 bits per heavy atom. The second-order valence-electron chi connectivity index (χ2n) is 14.5. The molecule has 0 saturated carbocycles. The van der Waals surface area contributed by atoms with Crippen LogP contribution >= 0.6 is 0 Å². The Morgan fingerprint density at radius 3 is 1.32 bits per heavy atom. The van der Waals surface area contributed by atoms with Gasteiger partial charge < -0.3 is 29.2 Å². The molecule has 2 unspecified atom stereocenters. The summed E-state index contributed by atoms with van der Waals surface area (Å²) >= 11 is 0. The Labute approximate surface area is 279 Å². The fourth-order valence-electron chi connectivity index (χ4n) is 8.04. The molecule has 2 N–H and O–H groups in total. The minimum Gasteiger partial charge on any atom is -0.508 e. The highest BCUT2D eigenvalue weighted by atomic mass is 16.5. The summed E-state index contributed by atoms with van der Waals surface area (Å²) in [6.07, 6.45) is 1.17. The third-order valence-electron chi connectivity index (χ3n) is 10.1. The minimum absolute atomic E-state index is 0.144. The maximum Gasteiger partial charge on any atom is 0.121 e. The molecular formula is C41H48O6. The van der Waals surface area contributed by atoms with Crippen molar-refractivity contribution in [2.45, 2.75) is 82.8 Å². The largest absolute Gasteiger partial charge is 0.508 e. The lowest BCUT2D eigenvalue weighted by molar-refractivity contribution is 0.0425. The van der Waals surface area contributed by atoms with E-state index in [9.17, 15) is 10.2 Å². The van der Waals surface area contributed by atoms with E-state index in [0.29, 0.717) is 26.4 Å². The summed E-state index contributed by atoms with van der Waals surface area (Å²) in [5, 5.41) is 22.9. The molecular weight excluding hydrogens is 588 g/mol. The molecule has 248 valence electrons. The molecule has 4 aromatic carbocycles. The van der Waals surface area contributed by atoms with Gasteiger partial charge in [0.1, 0.15) is 36.2 Å². The van der Waals surface area contributed by atoms with Crippen LogP contribution in [-0.2, 0) is 25.7 Å². The summed E-state index contributed by atoms with van der Waals surface area (Å²) in [6.45, 7) is 14.8. The van der Waals surface area contributed by atoms with Crippen LogP contribution in [0.3, 0.4) is 0 Å². The molecule has 0 amide bonds. The van der Waals surface area contributed by atoms with Gasteiger partial charge in [-0.05, 0) is 108 Å². The Morgan fingerprint density at radius 1 is 0.553 bits per heavy atom. The molecule has 2 aliphatic carbocycles. The molecule has 0 fully saturated rings. The summed E-state index contributed by atoms with van der Waals surface area (Å²) in [6, 6.07) is 27.6. The molecule has 0 aliphatic heterocycles. The number of hydrogen-bond donors (Lipinski definition) is 2. The van der Waals surface area contributed by atoms with Crippen LogP contribution in [-0.4, -0.2) is 36.6 Å². The van der Waals surface area contributed by atoms with Crippen LogP contribution in [0.1, 0.15) is 100.0 Å². The van der Waals surface area contributed by atoms with E-state index in [4.69, 9.17) is 18.9 Å². The van der Waals surface area contributed by atoms with E-state index in [1.165, 1.54) is 11.1 Å². The maximum atomic E-state index is 11.4. The van der Waals surface area contributed by atoms with Crippen molar-refractivity contribution in [2.75, 3.05) is 26.4 Å². The van der Waals surface area contributed by atoms with Gasteiger partial charge in [-0.3, -0.25) is 0 Å². The number of fused-ring (bicyclic) bond motifs is 4. The van der Waals surface area contributed by atoms with Crippen molar-refractivity contribution < 1.29 is 29.2 Å². The summed E-state index contributed by atoms with van der Waals surface area (Å²) < 4.78 is 23.9. The van der Waals surface area contributed by atoms with Crippen LogP contribution in [0.4, 0.5) is 0 Å². The Bertz CT molecular complexity index is 1570. The molecule has 47 heavy (non-hydrogen) atoms. The lowest BCUT2D eigenvalue weighted by Gasteiger charge is -2.30. The van der Waals surface area contributed by atoms with E-state index in [1.807, 2.05) is 86.6 Å². The van der Waals surface area contributed by atoms with Gasteiger partial charge in [0.15, 0.2) is 0 Å². The number of ether oxygens (including phenoxy) is 4. The first-order valence-corrected chi connectivity index (χ1v) is 16.8. The van der Waals surface area contributed by atoms with Crippen molar-refractivity contribution in [2.24, 2.45) is 0 Å². The molecule has 1 spiro atoms. The molecule has 6 nitrogen and oxygen atoms in total. The predicted molar refractivity (Wildman–Crippen MR) is 185 cm³/mol. The molecule has 0 aromatic heterocycles. The second-order valence-corrected chi connectivity index (χ2v) is 14.5. The molecule has 0 saturated heterocycles. The summed E-state index contributed by atoms with van der Waals surface area (Å²) in [7, 11) is 0. The Hall–Kier alpha value is -4.00.